The van der Waals surface area contributed by atoms with Crippen LogP contribution < -0.4 is 10.6 Å². The third-order valence-electron chi connectivity index (χ3n) is 5.92. The summed E-state index contributed by atoms with van der Waals surface area (Å²) in [7, 11) is 0. The molecule has 26 heavy (non-hydrogen) atoms. The number of nitrogens with zero attached hydrogens (tertiary/aromatic N) is 1. The lowest BCUT2D eigenvalue weighted by atomic mass is 9.74. The van der Waals surface area contributed by atoms with Gasteiger partial charge >= 0.3 is 6.03 Å². The second kappa shape index (κ2) is 7.97. The maximum Gasteiger partial charge on any atom is 0.325 e. The molecule has 1 aromatic carbocycles. The molecule has 0 aliphatic carbocycles. The van der Waals surface area contributed by atoms with Gasteiger partial charge in [-0.1, -0.05) is 43.6 Å². The number of urea groups is 1. The van der Waals surface area contributed by atoms with Crippen LogP contribution in [0.5, 0.6) is 0 Å². The maximum absolute atomic E-state index is 13.6. The zero-order chi connectivity index (χ0) is 18.7. The Morgan fingerprint density at radius 3 is 2.46 bits per heavy atom. The number of benzene rings is 1. The topological polar surface area (TPSA) is 61.4 Å². The first-order valence-corrected chi connectivity index (χ1v) is 10.0. The number of carbonyl (C=O) groups is 2. The van der Waals surface area contributed by atoms with Gasteiger partial charge in [0.25, 0.3) is 5.91 Å². The Morgan fingerprint density at radius 1 is 1.19 bits per heavy atom. The summed E-state index contributed by atoms with van der Waals surface area (Å²) in [5, 5.41) is 7.10. The van der Waals surface area contributed by atoms with Crippen LogP contribution >= 0.6 is 11.6 Å². The summed E-state index contributed by atoms with van der Waals surface area (Å²) in [5.41, 5.74) is 0.0139. The molecule has 2 aliphatic heterocycles. The van der Waals surface area contributed by atoms with Gasteiger partial charge in [0.15, 0.2) is 0 Å². The number of amides is 3. The molecule has 142 valence electrons. The Morgan fingerprint density at radius 2 is 1.85 bits per heavy atom. The third kappa shape index (κ3) is 3.35. The third-order valence-corrected chi connectivity index (χ3v) is 6.29. The molecule has 2 fully saturated rings. The van der Waals surface area contributed by atoms with Crippen molar-refractivity contribution in [3.8, 4) is 0 Å². The Labute approximate surface area is 160 Å². The highest BCUT2D eigenvalue weighted by atomic mass is 35.5. The molecule has 3 amide bonds. The zero-order valence-electron chi connectivity index (χ0n) is 15.6. The number of halogens is 1. The molecule has 2 saturated heterocycles. The summed E-state index contributed by atoms with van der Waals surface area (Å²) in [5.74, 6) is 0.0267. The summed E-state index contributed by atoms with van der Waals surface area (Å²) < 4.78 is 0. The molecule has 0 radical (unpaired) electrons. The standard InChI is InChI=1S/C20H28ClN3O2/c1-3-16(4-2)24-18(25)20(23-19(24)26,15-9-11-22-12-10-15)13-14-7-5-6-8-17(14)21/h5-8,15-16,22H,3-4,9-13H2,1-2H3,(H,23,26)/t20-/m1/s1. The predicted molar refractivity (Wildman–Crippen MR) is 103 cm³/mol. The van der Waals surface area contributed by atoms with Gasteiger partial charge in [0.05, 0.1) is 0 Å². The Kier molecular flexibility index (Phi) is 5.88. The number of hydrogen-bond donors (Lipinski definition) is 2. The smallest absolute Gasteiger partial charge is 0.322 e. The SMILES string of the molecule is CCC(CC)N1C(=O)N[C@](Cc2ccccc2Cl)(C2CCNCC2)C1=O. The normalized spacial score (nSPS) is 24.4. The van der Waals surface area contributed by atoms with Crippen molar-refractivity contribution in [1.29, 1.82) is 0 Å². The van der Waals surface area contributed by atoms with E-state index in [-0.39, 0.29) is 23.9 Å². The van der Waals surface area contributed by atoms with Crippen LogP contribution in [-0.2, 0) is 11.2 Å². The van der Waals surface area contributed by atoms with Gasteiger partial charge in [-0.05, 0) is 56.3 Å². The first kappa shape index (κ1) is 19.2. The fourth-order valence-corrected chi connectivity index (χ4v) is 4.60. The monoisotopic (exact) mass is 377 g/mol. The van der Waals surface area contributed by atoms with Crippen LogP contribution in [0.2, 0.25) is 5.02 Å². The molecule has 5 nitrogen and oxygen atoms in total. The summed E-state index contributed by atoms with van der Waals surface area (Å²) in [6.07, 6.45) is 3.72. The van der Waals surface area contributed by atoms with Gasteiger partial charge in [-0.2, -0.15) is 0 Å². The van der Waals surface area contributed by atoms with E-state index in [1.54, 1.807) is 0 Å². The molecule has 2 aliphatic rings. The van der Waals surface area contributed by atoms with Gasteiger partial charge in [-0.25, -0.2) is 4.79 Å². The van der Waals surface area contributed by atoms with E-state index < -0.39 is 5.54 Å². The molecule has 2 N–H and O–H groups in total. The molecule has 0 bridgehead atoms. The van der Waals surface area contributed by atoms with Crippen LogP contribution in [0.1, 0.15) is 45.1 Å². The molecule has 1 atom stereocenters. The number of piperidine rings is 1. The van der Waals surface area contributed by atoms with E-state index in [9.17, 15) is 9.59 Å². The summed E-state index contributed by atoms with van der Waals surface area (Å²) in [6.45, 7) is 5.77. The fourth-order valence-electron chi connectivity index (χ4n) is 4.39. The van der Waals surface area contributed by atoms with E-state index in [1.165, 1.54) is 4.90 Å². The lowest BCUT2D eigenvalue weighted by Crippen LogP contribution is -2.57. The van der Waals surface area contributed by atoms with Crippen molar-refractivity contribution in [3.05, 3.63) is 34.9 Å². The molecule has 2 heterocycles. The molecule has 0 saturated carbocycles. The van der Waals surface area contributed by atoms with Crippen molar-refractivity contribution in [2.45, 2.75) is 57.5 Å². The van der Waals surface area contributed by atoms with Crippen molar-refractivity contribution in [2.24, 2.45) is 5.92 Å². The van der Waals surface area contributed by atoms with Gasteiger partial charge in [-0.3, -0.25) is 9.69 Å². The quantitative estimate of drug-likeness (QED) is 0.747. The average Bonchev–Trinajstić information content (AvgIpc) is 2.91. The molecule has 0 aromatic heterocycles. The Bertz CT molecular complexity index is 671. The summed E-state index contributed by atoms with van der Waals surface area (Å²) in [6, 6.07) is 7.29. The summed E-state index contributed by atoms with van der Waals surface area (Å²) >= 11 is 6.39. The van der Waals surface area contributed by atoms with Crippen LogP contribution in [0.15, 0.2) is 24.3 Å². The van der Waals surface area contributed by atoms with Crippen LogP contribution in [0.4, 0.5) is 4.79 Å². The highest BCUT2D eigenvalue weighted by Crippen LogP contribution is 2.37. The van der Waals surface area contributed by atoms with E-state index in [0.717, 1.165) is 44.3 Å². The molecule has 0 spiro atoms. The second-order valence-corrected chi connectivity index (χ2v) is 7.75. The van der Waals surface area contributed by atoms with E-state index in [1.807, 2.05) is 38.1 Å². The minimum atomic E-state index is -0.896. The lowest BCUT2D eigenvalue weighted by Gasteiger charge is -2.38. The van der Waals surface area contributed by atoms with Crippen molar-refractivity contribution in [3.63, 3.8) is 0 Å². The number of nitrogens with one attached hydrogen (secondary N) is 2. The van der Waals surface area contributed by atoms with Gasteiger partial charge in [0, 0.05) is 17.5 Å². The molecule has 0 unspecified atom stereocenters. The Balaban J connectivity index is 2.00. The fraction of sp³-hybridized carbons (Fsp3) is 0.600. The highest BCUT2D eigenvalue weighted by Gasteiger charge is 2.56. The Hall–Kier alpha value is -1.59. The minimum Gasteiger partial charge on any atom is -0.322 e. The zero-order valence-corrected chi connectivity index (χ0v) is 16.3. The largest absolute Gasteiger partial charge is 0.325 e. The van der Waals surface area contributed by atoms with Crippen molar-refractivity contribution < 1.29 is 9.59 Å². The van der Waals surface area contributed by atoms with Crippen LogP contribution in [-0.4, -0.2) is 41.5 Å². The molecule has 1 aromatic rings. The van der Waals surface area contributed by atoms with E-state index in [4.69, 9.17) is 11.6 Å². The lowest BCUT2D eigenvalue weighted by molar-refractivity contribution is -0.135. The summed E-state index contributed by atoms with van der Waals surface area (Å²) in [4.78, 5) is 27.9. The first-order chi connectivity index (χ1) is 12.5. The van der Waals surface area contributed by atoms with Crippen LogP contribution in [0, 0.1) is 5.92 Å². The number of rotatable bonds is 6. The first-order valence-electron chi connectivity index (χ1n) is 9.63. The van der Waals surface area contributed by atoms with E-state index in [2.05, 4.69) is 10.6 Å². The average molecular weight is 378 g/mol. The number of hydrogen-bond acceptors (Lipinski definition) is 3. The van der Waals surface area contributed by atoms with Gasteiger partial charge in [-0.15, -0.1) is 0 Å². The number of carbonyl (C=O) groups excluding carboxylic acids is 2. The van der Waals surface area contributed by atoms with E-state index in [0.29, 0.717) is 11.4 Å². The minimum absolute atomic E-state index is 0.0580. The van der Waals surface area contributed by atoms with Crippen molar-refractivity contribution in [2.75, 3.05) is 13.1 Å². The highest BCUT2D eigenvalue weighted by molar-refractivity contribution is 6.31. The van der Waals surface area contributed by atoms with Gasteiger partial charge in [0.2, 0.25) is 0 Å². The van der Waals surface area contributed by atoms with Crippen LogP contribution in [0.25, 0.3) is 0 Å². The predicted octanol–water partition coefficient (Wildman–Crippen LogP) is 3.36. The molecular weight excluding hydrogens is 350 g/mol. The van der Waals surface area contributed by atoms with Gasteiger partial charge < -0.3 is 10.6 Å². The number of imide groups is 1. The van der Waals surface area contributed by atoms with Crippen LogP contribution in [0.3, 0.4) is 0 Å². The second-order valence-electron chi connectivity index (χ2n) is 7.34. The molecule has 6 heteroatoms. The van der Waals surface area contributed by atoms with Gasteiger partial charge in [0.1, 0.15) is 5.54 Å². The molecular formula is C20H28ClN3O2. The molecule has 3 rings (SSSR count). The van der Waals surface area contributed by atoms with Crippen molar-refractivity contribution >= 4 is 23.5 Å². The van der Waals surface area contributed by atoms with Crippen molar-refractivity contribution in [1.82, 2.24) is 15.5 Å². The van der Waals surface area contributed by atoms with E-state index >= 15 is 0 Å². The maximum atomic E-state index is 13.6.